The molecule has 0 aliphatic carbocycles. The summed E-state index contributed by atoms with van der Waals surface area (Å²) < 4.78 is 14.2. The first-order valence-corrected chi connectivity index (χ1v) is 6.51. The molecule has 8 heteroatoms. The van der Waals surface area contributed by atoms with Crippen LogP contribution in [-0.2, 0) is 0 Å². The van der Waals surface area contributed by atoms with Crippen molar-refractivity contribution in [1.82, 2.24) is 14.9 Å². The highest BCUT2D eigenvalue weighted by molar-refractivity contribution is 6.28. The third kappa shape index (κ3) is 3.05. The highest BCUT2D eigenvalue weighted by Gasteiger charge is 2.26. The van der Waals surface area contributed by atoms with Gasteiger partial charge in [0.05, 0.1) is 0 Å². The molecule has 1 aromatic heterocycles. The Morgan fingerprint density at radius 2 is 2.21 bits per heavy atom. The second-order valence-electron chi connectivity index (χ2n) is 4.83. The summed E-state index contributed by atoms with van der Waals surface area (Å²) in [5.41, 5.74) is 2.20. The van der Waals surface area contributed by atoms with Crippen LogP contribution in [0.3, 0.4) is 0 Å². The summed E-state index contributed by atoms with van der Waals surface area (Å²) in [6.45, 7) is 1.46. The molecule has 106 valence electrons. The molecule has 1 atom stereocenters. The van der Waals surface area contributed by atoms with Crippen molar-refractivity contribution in [2.75, 3.05) is 37.5 Å². The standard InChI is InChI=1S/C11H18ClFN6/c1-18(2)7-4-3-5-19(6-7)10-8(13)9(17-14)15-11(12)16-10/h7H,3-6,14H2,1-2H3,(H,15,16,17)/t7-/m1/s1. The summed E-state index contributed by atoms with van der Waals surface area (Å²) in [6.07, 6.45) is 2.07. The van der Waals surface area contributed by atoms with E-state index in [-0.39, 0.29) is 16.9 Å². The van der Waals surface area contributed by atoms with E-state index in [2.05, 4.69) is 20.3 Å². The summed E-state index contributed by atoms with van der Waals surface area (Å²) in [4.78, 5) is 11.7. The number of anilines is 2. The maximum absolute atomic E-state index is 14.2. The topological polar surface area (TPSA) is 70.3 Å². The van der Waals surface area contributed by atoms with Crippen LogP contribution in [0.5, 0.6) is 0 Å². The number of nitrogens with two attached hydrogens (primary N) is 1. The summed E-state index contributed by atoms with van der Waals surface area (Å²) in [7, 11) is 4.04. The van der Waals surface area contributed by atoms with Crippen molar-refractivity contribution in [1.29, 1.82) is 0 Å². The molecule has 6 nitrogen and oxygen atoms in total. The van der Waals surface area contributed by atoms with Gasteiger partial charge in [0.25, 0.3) is 0 Å². The third-order valence-electron chi connectivity index (χ3n) is 3.37. The first-order chi connectivity index (χ1) is 9.02. The lowest BCUT2D eigenvalue weighted by Gasteiger charge is -2.36. The van der Waals surface area contributed by atoms with E-state index in [4.69, 9.17) is 17.4 Å². The zero-order valence-corrected chi connectivity index (χ0v) is 11.8. The lowest BCUT2D eigenvalue weighted by Crippen LogP contribution is -2.45. The van der Waals surface area contributed by atoms with Crippen LogP contribution in [0.2, 0.25) is 5.28 Å². The smallest absolute Gasteiger partial charge is 0.226 e. The molecule has 0 unspecified atom stereocenters. The van der Waals surface area contributed by atoms with Crippen LogP contribution >= 0.6 is 11.6 Å². The highest BCUT2D eigenvalue weighted by atomic mass is 35.5. The van der Waals surface area contributed by atoms with Gasteiger partial charge in [-0.1, -0.05) is 0 Å². The Balaban J connectivity index is 2.28. The van der Waals surface area contributed by atoms with E-state index in [0.717, 1.165) is 19.4 Å². The SMILES string of the molecule is CN(C)[C@@H]1CCCN(c2nc(Cl)nc(NN)c2F)C1. The predicted octanol–water partition coefficient (Wildman–Crippen LogP) is 1.09. The number of nitrogens with one attached hydrogen (secondary N) is 1. The number of hydrogen-bond acceptors (Lipinski definition) is 6. The molecule has 0 amide bonds. The molecule has 1 aliphatic heterocycles. The molecular formula is C11H18ClFN6. The summed E-state index contributed by atoms with van der Waals surface area (Å²) in [6, 6.07) is 0.371. The molecule has 2 rings (SSSR count). The van der Waals surface area contributed by atoms with Gasteiger partial charge in [-0.2, -0.15) is 14.4 Å². The van der Waals surface area contributed by atoms with Crippen molar-refractivity contribution in [3.05, 3.63) is 11.1 Å². The second-order valence-corrected chi connectivity index (χ2v) is 5.17. The zero-order chi connectivity index (χ0) is 14.0. The summed E-state index contributed by atoms with van der Waals surface area (Å²) in [5.74, 6) is 4.79. The van der Waals surface area contributed by atoms with E-state index >= 15 is 0 Å². The molecule has 1 fully saturated rings. The molecule has 0 aromatic carbocycles. The summed E-state index contributed by atoms with van der Waals surface area (Å²) >= 11 is 5.80. The number of likely N-dealkylation sites (N-methyl/N-ethyl adjacent to an activating group) is 1. The fourth-order valence-corrected chi connectivity index (χ4v) is 2.45. The Hall–Kier alpha value is -1.18. The van der Waals surface area contributed by atoms with Crippen molar-refractivity contribution in [3.8, 4) is 0 Å². The van der Waals surface area contributed by atoms with Crippen molar-refractivity contribution >= 4 is 23.2 Å². The maximum Gasteiger partial charge on any atom is 0.226 e. The molecule has 0 saturated carbocycles. The minimum Gasteiger partial charge on any atom is -0.352 e. The molecule has 0 spiro atoms. The van der Waals surface area contributed by atoms with E-state index in [9.17, 15) is 4.39 Å². The van der Waals surface area contributed by atoms with Crippen LogP contribution in [0, 0.1) is 5.82 Å². The van der Waals surface area contributed by atoms with Gasteiger partial charge in [0, 0.05) is 19.1 Å². The van der Waals surface area contributed by atoms with Crippen LogP contribution in [-0.4, -0.2) is 48.1 Å². The van der Waals surface area contributed by atoms with Crippen molar-refractivity contribution < 1.29 is 4.39 Å². The largest absolute Gasteiger partial charge is 0.352 e. The molecule has 0 radical (unpaired) electrons. The Morgan fingerprint density at radius 3 is 2.84 bits per heavy atom. The lowest BCUT2D eigenvalue weighted by atomic mass is 10.1. The van der Waals surface area contributed by atoms with Crippen LogP contribution < -0.4 is 16.2 Å². The second kappa shape index (κ2) is 5.85. The predicted molar refractivity (Wildman–Crippen MR) is 73.7 cm³/mol. The van der Waals surface area contributed by atoms with Gasteiger partial charge in [-0.15, -0.1) is 0 Å². The van der Waals surface area contributed by atoms with Gasteiger partial charge in [-0.25, -0.2) is 5.84 Å². The van der Waals surface area contributed by atoms with Crippen LogP contribution in [0.15, 0.2) is 0 Å². The molecule has 3 N–H and O–H groups in total. The molecule has 1 aromatic rings. The number of aromatic nitrogens is 2. The Morgan fingerprint density at radius 1 is 1.47 bits per heavy atom. The molecule has 19 heavy (non-hydrogen) atoms. The first-order valence-electron chi connectivity index (χ1n) is 6.14. The number of nitrogens with zero attached hydrogens (tertiary/aromatic N) is 4. The van der Waals surface area contributed by atoms with Gasteiger partial charge in [0.15, 0.2) is 11.6 Å². The Kier molecular flexibility index (Phi) is 4.38. The average molecular weight is 289 g/mol. The minimum absolute atomic E-state index is 0.0173. The average Bonchev–Trinajstić information content (AvgIpc) is 2.41. The van der Waals surface area contributed by atoms with E-state index < -0.39 is 5.82 Å². The van der Waals surface area contributed by atoms with Crippen LogP contribution in [0.25, 0.3) is 0 Å². The Labute approximate surface area is 116 Å². The van der Waals surface area contributed by atoms with Gasteiger partial charge >= 0.3 is 0 Å². The fraction of sp³-hybridized carbons (Fsp3) is 0.636. The normalized spacial score (nSPS) is 19.9. The maximum atomic E-state index is 14.2. The number of nitrogen functional groups attached to an aromatic ring is 1. The molecule has 0 bridgehead atoms. The fourth-order valence-electron chi connectivity index (χ4n) is 2.28. The first kappa shape index (κ1) is 14.2. The van der Waals surface area contributed by atoms with Gasteiger partial charge in [0.2, 0.25) is 11.1 Å². The zero-order valence-electron chi connectivity index (χ0n) is 11.0. The number of rotatable bonds is 3. The Bertz CT molecular complexity index is 455. The van der Waals surface area contributed by atoms with Crippen molar-refractivity contribution in [2.45, 2.75) is 18.9 Å². The lowest BCUT2D eigenvalue weighted by molar-refractivity contribution is 0.257. The van der Waals surface area contributed by atoms with Crippen LogP contribution in [0.4, 0.5) is 16.0 Å². The molecule has 1 aliphatic rings. The van der Waals surface area contributed by atoms with E-state index in [1.807, 2.05) is 19.0 Å². The van der Waals surface area contributed by atoms with Gasteiger partial charge < -0.3 is 15.2 Å². The van der Waals surface area contributed by atoms with Gasteiger partial charge in [-0.05, 0) is 38.5 Å². The molecule has 2 heterocycles. The monoisotopic (exact) mass is 288 g/mol. The third-order valence-corrected chi connectivity index (χ3v) is 3.54. The number of hydrazine groups is 1. The highest BCUT2D eigenvalue weighted by Crippen LogP contribution is 2.27. The minimum atomic E-state index is -0.564. The molecule has 1 saturated heterocycles. The number of halogens is 2. The van der Waals surface area contributed by atoms with E-state index in [1.54, 1.807) is 0 Å². The van der Waals surface area contributed by atoms with Gasteiger partial charge in [-0.3, -0.25) is 0 Å². The van der Waals surface area contributed by atoms with Crippen LogP contribution in [0.1, 0.15) is 12.8 Å². The van der Waals surface area contributed by atoms with Crippen molar-refractivity contribution in [2.24, 2.45) is 5.84 Å². The quantitative estimate of drug-likeness (QED) is 0.493. The number of hydrogen-bond donors (Lipinski definition) is 2. The van der Waals surface area contributed by atoms with Crippen molar-refractivity contribution in [3.63, 3.8) is 0 Å². The van der Waals surface area contributed by atoms with E-state index in [0.29, 0.717) is 12.6 Å². The van der Waals surface area contributed by atoms with Gasteiger partial charge in [0.1, 0.15) is 0 Å². The van der Waals surface area contributed by atoms with E-state index in [1.165, 1.54) is 0 Å². The molecular weight excluding hydrogens is 271 g/mol. The number of piperidine rings is 1. The summed E-state index contributed by atoms with van der Waals surface area (Å²) in [5, 5.41) is -0.0173.